The van der Waals surface area contributed by atoms with Gasteiger partial charge in [0.05, 0.1) is 17.1 Å². The number of phenolic OH excluding ortho intramolecular Hbond substituents is 1. The van der Waals surface area contributed by atoms with Crippen LogP contribution in [0.1, 0.15) is 101 Å². The molecular weight excluding hydrogens is 772 g/mol. The molecule has 48 heavy (non-hydrogen) atoms. The number of aromatic nitrogens is 4. The Kier molecular flexibility index (Phi) is 10.6. The molecule has 6 rings (SSSR count). The maximum Gasteiger partial charge on any atom is 0.140 e. The summed E-state index contributed by atoms with van der Waals surface area (Å²) in [4.78, 5) is 10.1. The van der Waals surface area contributed by atoms with Crippen molar-refractivity contribution >= 4 is 0 Å². The first kappa shape index (κ1) is 35.1. The van der Waals surface area contributed by atoms with Gasteiger partial charge in [-0.3, -0.25) is 9.97 Å². The van der Waals surface area contributed by atoms with Gasteiger partial charge >= 0.3 is 0 Å². The Morgan fingerprint density at radius 3 is 1.62 bits per heavy atom. The number of nitrogens with zero attached hydrogens (tertiary/aromatic N) is 4. The topological polar surface area (TPSA) is 55.9 Å². The summed E-state index contributed by atoms with van der Waals surface area (Å²) in [6.45, 7) is 17.9. The Balaban J connectivity index is 0.00000451. The minimum Gasteiger partial charge on any atom is -0.507 e. The van der Waals surface area contributed by atoms with Crippen molar-refractivity contribution in [3.63, 3.8) is 0 Å². The minimum atomic E-state index is 0. The Morgan fingerprint density at radius 1 is 0.583 bits per heavy atom. The molecular formula is C42H45N4OPt-. The average molecular weight is 817 g/mol. The zero-order valence-electron chi connectivity index (χ0n) is 29.1. The Hall–Kier alpha value is -4.21. The van der Waals surface area contributed by atoms with Gasteiger partial charge in [0, 0.05) is 51.0 Å². The van der Waals surface area contributed by atoms with Crippen molar-refractivity contribution in [2.75, 3.05) is 0 Å². The van der Waals surface area contributed by atoms with Crippen LogP contribution in [0.5, 0.6) is 5.75 Å². The summed E-state index contributed by atoms with van der Waals surface area (Å²) in [5.74, 6) is 3.04. The van der Waals surface area contributed by atoms with Crippen molar-refractivity contribution in [1.82, 2.24) is 19.1 Å². The van der Waals surface area contributed by atoms with E-state index in [1.807, 2.05) is 24.4 Å². The summed E-state index contributed by atoms with van der Waals surface area (Å²) >= 11 is 0. The molecule has 1 N–H and O–H groups in total. The van der Waals surface area contributed by atoms with Crippen molar-refractivity contribution in [1.29, 1.82) is 0 Å². The van der Waals surface area contributed by atoms with E-state index >= 15 is 0 Å². The summed E-state index contributed by atoms with van der Waals surface area (Å²) in [5, 5.41) is 11.0. The van der Waals surface area contributed by atoms with Crippen LogP contribution >= 0.6 is 0 Å². The van der Waals surface area contributed by atoms with E-state index in [-0.39, 0.29) is 26.8 Å². The van der Waals surface area contributed by atoms with E-state index in [2.05, 4.69) is 138 Å². The third-order valence-corrected chi connectivity index (χ3v) is 8.97. The molecule has 0 aliphatic carbocycles. The van der Waals surface area contributed by atoms with Gasteiger partial charge in [-0.05, 0) is 58.1 Å². The molecule has 0 amide bonds. The third-order valence-electron chi connectivity index (χ3n) is 8.97. The van der Waals surface area contributed by atoms with Crippen molar-refractivity contribution < 1.29 is 26.2 Å². The van der Waals surface area contributed by atoms with Crippen LogP contribution in [0.25, 0.3) is 45.4 Å². The van der Waals surface area contributed by atoms with Gasteiger partial charge in [-0.1, -0.05) is 115 Å². The van der Waals surface area contributed by atoms with E-state index < -0.39 is 0 Å². The zero-order valence-corrected chi connectivity index (χ0v) is 31.4. The number of hydrogen-bond acceptors (Lipinski definition) is 3. The van der Waals surface area contributed by atoms with Gasteiger partial charge in [0.25, 0.3) is 0 Å². The summed E-state index contributed by atoms with van der Waals surface area (Å²) < 4.78 is 4.39. The molecule has 0 radical (unpaired) electrons. The monoisotopic (exact) mass is 816 g/mol. The molecule has 0 unspecified atom stereocenters. The van der Waals surface area contributed by atoms with Crippen molar-refractivity contribution in [3.8, 4) is 51.2 Å². The number of phenols is 1. The van der Waals surface area contributed by atoms with Crippen molar-refractivity contribution in [3.05, 3.63) is 126 Å². The van der Waals surface area contributed by atoms with E-state index in [0.717, 1.165) is 28.3 Å². The molecule has 2 aromatic heterocycles. The molecule has 4 aromatic carbocycles. The van der Waals surface area contributed by atoms with Crippen LogP contribution < -0.4 is 0 Å². The average Bonchev–Trinajstić information content (AvgIpc) is 3.72. The molecule has 0 atom stereocenters. The normalized spacial score (nSPS) is 11.6. The third kappa shape index (κ3) is 6.58. The molecule has 0 aliphatic heterocycles. The summed E-state index contributed by atoms with van der Waals surface area (Å²) in [6.07, 6.45) is 6.03. The SMILES string of the molecule is CC(C)c1cccc(C(C)C)c1-n1ccnc1-c1[c-]c(-c2cn(-c3c(C(C)C)cccc3C(C)C)c(-c3ccccc3O)n2)ccc1.[Pt]. The van der Waals surface area contributed by atoms with Gasteiger partial charge in [-0.2, -0.15) is 0 Å². The molecule has 6 heteroatoms. The van der Waals surface area contributed by atoms with E-state index in [1.54, 1.807) is 6.07 Å². The molecule has 6 aromatic rings. The van der Waals surface area contributed by atoms with Crippen LogP contribution in [0.4, 0.5) is 0 Å². The van der Waals surface area contributed by atoms with Crippen LogP contribution in [0, 0.1) is 6.07 Å². The summed E-state index contributed by atoms with van der Waals surface area (Å²) in [7, 11) is 0. The molecule has 0 saturated heterocycles. The van der Waals surface area contributed by atoms with E-state index in [0.29, 0.717) is 35.1 Å². The van der Waals surface area contributed by atoms with Crippen molar-refractivity contribution in [2.45, 2.75) is 79.1 Å². The van der Waals surface area contributed by atoms with Crippen LogP contribution in [-0.4, -0.2) is 24.2 Å². The largest absolute Gasteiger partial charge is 0.507 e. The fraction of sp³-hybridized carbons (Fsp3) is 0.286. The number of benzene rings is 4. The molecule has 0 bridgehead atoms. The van der Waals surface area contributed by atoms with Crippen LogP contribution in [0.15, 0.2) is 97.5 Å². The predicted octanol–water partition coefficient (Wildman–Crippen LogP) is 11.1. The maximum absolute atomic E-state index is 11.0. The maximum atomic E-state index is 11.0. The number of imidazole rings is 2. The van der Waals surface area contributed by atoms with E-state index in [1.165, 1.54) is 27.9 Å². The second kappa shape index (κ2) is 14.5. The fourth-order valence-corrected chi connectivity index (χ4v) is 6.55. The quantitative estimate of drug-likeness (QED) is 0.148. The van der Waals surface area contributed by atoms with Crippen LogP contribution in [-0.2, 0) is 21.1 Å². The summed E-state index contributed by atoms with van der Waals surface area (Å²) in [6, 6.07) is 30.5. The van der Waals surface area contributed by atoms with Crippen LogP contribution in [0.3, 0.4) is 0 Å². The first-order valence-electron chi connectivity index (χ1n) is 16.8. The number of para-hydroxylation sites is 3. The van der Waals surface area contributed by atoms with Crippen molar-refractivity contribution in [2.24, 2.45) is 0 Å². The number of aromatic hydroxyl groups is 1. The molecule has 250 valence electrons. The first-order valence-corrected chi connectivity index (χ1v) is 16.8. The van der Waals surface area contributed by atoms with E-state index in [4.69, 9.17) is 9.97 Å². The van der Waals surface area contributed by atoms with Gasteiger partial charge in [0.15, 0.2) is 0 Å². The van der Waals surface area contributed by atoms with Gasteiger partial charge in [0.2, 0.25) is 0 Å². The number of hydrogen-bond donors (Lipinski definition) is 1. The Morgan fingerprint density at radius 2 is 1.08 bits per heavy atom. The molecule has 0 fully saturated rings. The number of rotatable bonds is 9. The molecule has 0 aliphatic rings. The molecule has 0 spiro atoms. The van der Waals surface area contributed by atoms with Gasteiger partial charge in [-0.25, -0.2) is 0 Å². The summed E-state index contributed by atoms with van der Waals surface area (Å²) in [5.41, 5.74) is 10.6. The smallest absolute Gasteiger partial charge is 0.140 e. The van der Waals surface area contributed by atoms with Crippen LogP contribution in [0.2, 0.25) is 0 Å². The molecule has 5 nitrogen and oxygen atoms in total. The first-order chi connectivity index (χ1) is 22.6. The predicted molar refractivity (Wildman–Crippen MR) is 194 cm³/mol. The molecule has 0 saturated carbocycles. The second-order valence-electron chi connectivity index (χ2n) is 13.6. The van der Waals surface area contributed by atoms with E-state index in [9.17, 15) is 5.11 Å². The van der Waals surface area contributed by atoms with Gasteiger partial charge in [-0.15, -0.1) is 24.3 Å². The standard InChI is InChI=1S/C42H45N4O.Pt/c1-26(2)32-17-12-18-33(27(3)4)39(32)45-23-22-43-41(45)31-15-11-14-30(24-31)37-25-46(42(44-37)36-16-9-10-21-38(36)47)40-34(28(5)6)19-13-20-35(40)29(7)8;/h9-23,25-29,47H,1-8H3;/q-1;. The minimum absolute atomic E-state index is 0. The van der Waals surface area contributed by atoms with Gasteiger partial charge < -0.3 is 14.2 Å². The Bertz CT molecular complexity index is 1980. The fourth-order valence-electron chi connectivity index (χ4n) is 6.55. The Labute approximate surface area is 300 Å². The zero-order chi connectivity index (χ0) is 33.4. The molecule has 2 heterocycles. The second-order valence-corrected chi connectivity index (χ2v) is 13.6. The van der Waals surface area contributed by atoms with Gasteiger partial charge in [0.1, 0.15) is 11.6 Å².